The molecule has 3 heteroatoms. The normalized spacial score (nSPS) is 30.6. The van der Waals surface area contributed by atoms with Gasteiger partial charge in [0.05, 0.1) is 6.07 Å². The van der Waals surface area contributed by atoms with E-state index >= 15 is 0 Å². The van der Waals surface area contributed by atoms with Crippen LogP contribution in [0.5, 0.6) is 0 Å². The number of nitriles is 1. The van der Waals surface area contributed by atoms with Crippen LogP contribution in [0.1, 0.15) is 52.9 Å². The van der Waals surface area contributed by atoms with Crippen molar-refractivity contribution in [2.45, 2.75) is 78.1 Å². The molecule has 0 amide bonds. The average Bonchev–Trinajstić information content (AvgIpc) is 2.38. The first kappa shape index (κ1) is 15.7. The van der Waals surface area contributed by atoms with Gasteiger partial charge in [0.15, 0.2) is 8.32 Å². The molecule has 0 N–H and O–H groups in total. The smallest absolute Gasteiger partial charge is 0.185 e. The highest BCUT2D eigenvalue weighted by Gasteiger charge is 2.39. The molecular weight excluding hydrogens is 238 g/mol. The van der Waals surface area contributed by atoms with E-state index < -0.39 is 13.9 Å². The van der Waals surface area contributed by atoms with Gasteiger partial charge in [0.25, 0.3) is 0 Å². The largest absolute Gasteiger partial charge is 0.400 e. The maximum Gasteiger partial charge on any atom is 0.185 e. The van der Waals surface area contributed by atoms with E-state index in [-0.39, 0.29) is 0 Å². The molecule has 2 atom stereocenters. The quantitative estimate of drug-likeness (QED) is 0.535. The minimum atomic E-state index is -1.65. The van der Waals surface area contributed by atoms with Crippen LogP contribution < -0.4 is 0 Å². The van der Waals surface area contributed by atoms with Gasteiger partial charge in [-0.25, -0.2) is 0 Å². The first-order valence-electron chi connectivity index (χ1n) is 7.19. The fourth-order valence-electron chi connectivity index (χ4n) is 3.00. The van der Waals surface area contributed by atoms with Gasteiger partial charge in [0.2, 0.25) is 0 Å². The Kier molecular flexibility index (Phi) is 4.67. The third kappa shape index (κ3) is 4.40. The fourth-order valence-corrected chi connectivity index (χ4v) is 4.42. The van der Waals surface area contributed by atoms with Gasteiger partial charge in [-0.2, -0.15) is 5.26 Å². The summed E-state index contributed by atoms with van der Waals surface area (Å²) in [6.07, 6.45) is 5.32. The Bertz CT molecular complexity index is 321. The molecule has 1 rings (SSSR count). The van der Waals surface area contributed by atoms with Crippen LogP contribution in [0, 0.1) is 22.7 Å². The van der Waals surface area contributed by atoms with Gasteiger partial charge in [-0.05, 0) is 63.1 Å². The van der Waals surface area contributed by atoms with Gasteiger partial charge in [-0.15, -0.1) is 0 Å². The Hall–Kier alpha value is -0.333. The van der Waals surface area contributed by atoms with Gasteiger partial charge < -0.3 is 4.43 Å². The van der Waals surface area contributed by atoms with Gasteiger partial charge >= 0.3 is 0 Å². The Labute approximate surface area is 114 Å². The molecule has 0 aromatic heterocycles. The van der Waals surface area contributed by atoms with E-state index in [4.69, 9.17) is 4.43 Å². The van der Waals surface area contributed by atoms with Crippen molar-refractivity contribution in [3.05, 3.63) is 0 Å². The molecule has 0 spiro atoms. The fraction of sp³-hybridized carbons (Fsp3) is 0.933. The molecule has 1 fully saturated rings. The summed E-state index contributed by atoms with van der Waals surface area (Å²) in [5.41, 5.74) is -0.144. The van der Waals surface area contributed by atoms with Crippen LogP contribution in [0.25, 0.3) is 0 Å². The summed E-state index contributed by atoms with van der Waals surface area (Å²) in [5.74, 6) is 0.720. The van der Waals surface area contributed by atoms with Gasteiger partial charge in [-0.1, -0.05) is 20.8 Å². The Morgan fingerprint density at radius 1 is 1.17 bits per heavy atom. The lowest BCUT2D eigenvalue weighted by Gasteiger charge is -2.34. The van der Waals surface area contributed by atoms with Crippen LogP contribution in [0.3, 0.4) is 0 Å². The highest BCUT2D eigenvalue weighted by molar-refractivity contribution is 6.69. The molecule has 2 nitrogen and oxygen atoms in total. The predicted molar refractivity (Wildman–Crippen MR) is 78.8 cm³/mol. The molecule has 104 valence electrons. The maximum absolute atomic E-state index is 9.57. The molecule has 1 aliphatic carbocycles. The molecule has 0 bridgehead atoms. The highest BCUT2D eigenvalue weighted by atomic mass is 28.4. The second-order valence-electron chi connectivity index (χ2n) is 7.81. The third-order valence-electron chi connectivity index (χ3n) is 3.96. The minimum absolute atomic E-state index is 0.352. The van der Waals surface area contributed by atoms with Crippen LogP contribution in [0.2, 0.25) is 19.6 Å². The molecule has 18 heavy (non-hydrogen) atoms. The Morgan fingerprint density at radius 2 is 1.78 bits per heavy atom. The zero-order chi connectivity index (χ0) is 14.0. The molecule has 0 aromatic carbocycles. The summed E-state index contributed by atoms with van der Waals surface area (Å²) < 4.78 is 6.23. The van der Waals surface area contributed by atoms with Crippen molar-refractivity contribution >= 4 is 8.32 Å². The zero-order valence-corrected chi connectivity index (χ0v) is 14.0. The molecule has 0 heterocycles. The van der Waals surface area contributed by atoms with E-state index in [2.05, 4.69) is 46.5 Å². The van der Waals surface area contributed by atoms with E-state index in [1.54, 1.807) is 0 Å². The molecule has 1 aliphatic rings. The summed E-state index contributed by atoms with van der Waals surface area (Å²) in [6.45, 7) is 13.5. The van der Waals surface area contributed by atoms with Crippen molar-refractivity contribution in [3.8, 4) is 6.07 Å². The van der Waals surface area contributed by atoms with E-state index in [1.165, 1.54) is 6.42 Å². The summed E-state index contributed by atoms with van der Waals surface area (Å²) >= 11 is 0. The average molecular weight is 267 g/mol. The SMILES string of the molecule is CC(C)(C)C1CCCC(C#N)(O[Si](C)(C)C)CC1. The second-order valence-corrected chi connectivity index (χ2v) is 12.2. The van der Waals surface area contributed by atoms with Crippen molar-refractivity contribution < 1.29 is 4.43 Å². The Morgan fingerprint density at radius 3 is 2.22 bits per heavy atom. The first-order valence-corrected chi connectivity index (χ1v) is 10.6. The van der Waals surface area contributed by atoms with Gasteiger partial charge in [0, 0.05) is 0 Å². The number of rotatable bonds is 2. The lowest BCUT2D eigenvalue weighted by atomic mass is 9.76. The minimum Gasteiger partial charge on any atom is -0.400 e. The Balaban J connectivity index is 2.78. The van der Waals surface area contributed by atoms with Crippen molar-refractivity contribution in [2.75, 3.05) is 0 Å². The van der Waals surface area contributed by atoms with Crippen LogP contribution in [0.15, 0.2) is 0 Å². The number of hydrogen-bond donors (Lipinski definition) is 0. The zero-order valence-electron chi connectivity index (χ0n) is 13.0. The van der Waals surface area contributed by atoms with E-state index in [9.17, 15) is 5.26 Å². The van der Waals surface area contributed by atoms with Crippen molar-refractivity contribution in [1.82, 2.24) is 0 Å². The van der Waals surface area contributed by atoms with Crippen LogP contribution >= 0.6 is 0 Å². The lowest BCUT2D eigenvalue weighted by Crippen LogP contribution is -2.41. The van der Waals surface area contributed by atoms with Crippen molar-refractivity contribution in [1.29, 1.82) is 5.26 Å². The maximum atomic E-state index is 9.57. The monoisotopic (exact) mass is 267 g/mol. The lowest BCUT2D eigenvalue weighted by molar-refractivity contribution is 0.0975. The van der Waals surface area contributed by atoms with Crippen molar-refractivity contribution in [2.24, 2.45) is 11.3 Å². The molecule has 0 saturated heterocycles. The summed E-state index contributed by atoms with van der Waals surface area (Å²) in [6, 6.07) is 2.50. The second kappa shape index (κ2) is 5.34. The van der Waals surface area contributed by atoms with Crippen LogP contribution in [-0.2, 0) is 4.43 Å². The molecule has 1 saturated carbocycles. The molecular formula is C15H29NOSi. The first-order chi connectivity index (χ1) is 8.08. The summed E-state index contributed by atoms with van der Waals surface area (Å²) in [5, 5.41) is 9.57. The molecule has 0 aliphatic heterocycles. The van der Waals surface area contributed by atoms with E-state index in [0.717, 1.165) is 31.6 Å². The molecule has 2 unspecified atom stereocenters. The van der Waals surface area contributed by atoms with Crippen LogP contribution in [0.4, 0.5) is 0 Å². The topological polar surface area (TPSA) is 33.0 Å². The summed E-state index contributed by atoms with van der Waals surface area (Å²) in [7, 11) is -1.65. The van der Waals surface area contributed by atoms with Gasteiger partial charge in [-0.3, -0.25) is 0 Å². The van der Waals surface area contributed by atoms with Gasteiger partial charge in [0.1, 0.15) is 5.60 Å². The third-order valence-corrected chi connectivity index (χ3v) is 4.96. The predicted octanol–water partition coefficient (Wildman–Crippen LogP) is 4.73. The number of hydrogen-bond acceptors (Lipinski definition) is 2. The van der Waals surface area contributed by atoms with Crippen LogP contribution in [-0.4, -0.2) is 13.9 Å². The highest BCUT2D eigenvalue weighted by Crippen LogP contribution is 2.41. The molecule has 0 radical (unpaired) electrons. The number of nitrogens with zero attached hydrogens (tertiary/aromatic N) is 1. The van der Waals surface area contributed by atoms with E-state index in [0.29, 0.717) is 5.41 Å². The standard InChI is InChI=1S/C15H29NOSi/c1-14(2,3)13-8-7-10-15(12-16,11-9-13)17-18(4,5)6/h13H,7-11H2,1-6H3. The van der Waals surface area contributed by atoms with E-state index in [1.807, 2.05) is 0 Å². The molecule has 0 aromatic rings. The van der Waals surface area contributed by atoms with Crippen molar-refractivity contribution in [3.63, 3.8) is 0 Å². The summed E-state index contributed by atoms with van der Waals surface area (Å²) in [4.78, 5) is 0.